The number of carbonyl (C=O) groups excluding carboxylic acids is 1. The van der Waals surface area contributed by atoms with Gasteiger partial charge in [0.2, 0.25) is 5.91 Å². The van der Waals surface area contributed by atoms with E-state index in [-0.39, 0.29) is 16.7 Å². The maximum atomic E-state index is 12.7. The molecule has 0 aromatic rings. The molecule has 8 nitrogen and oxygen atoms in total. The van der Waals surface area contributed by atoms with Crippen LogP contribution in [0.25, 0.3) is 0 Å². The fourth-order valence-electron chi connectivity index (χ4n) is 3.89. The van der Waals surface area contributed by atoms with Crippen LogP contribution in [0.4, 0.5) is 0 Å². The number of amides is 1. The van der Waals surface area contributed by atoms with Crippen LogP contribution in [0.5, 0.6) is 0 Å². The second-order valence-electron chi connectivity index (χ2n) is 6.66. The Bertz CT molecular complexity index is 542. The summed E-state index contributed by atoms with van der Waals surface area (Å²) in [6, 6.07) is 0. The average molecular weight is 324 g/mol. The molecule has 0 aromatic carbocycles. The van der Waals surface area contributed by atoms with Crippen LogP contribution in [0, 0.1) is 22.0 Å². The molecule has 0 radical (unpaired) electrons. The highest BCUT2D eigenvalue weighted by Gasteiger charge is 2.64. The van der Waals surface area contributed by atoms with Gasteiger partial charge in [0.05, 0.1) is 13.0 Å². The summed E-state index contributed by atoms with van der Waals surface area (Å²) in [5.41, 5.74) is 4.87. The molecule has 3 rings (SSSR count). The van der Waals surface area contributed by atoms with Crippen molar-refractivity contribution in [3.63, 3.8) is 0 Å². The van der Waals surface area contributed by atoms with Gasteiger partial charge in [-0.15, -0.1) is 0 Å². The first-order valence-corrected chi connectivity index (χ1v) is 8.18. The van der Waals surface area contributed by atoms with Gasteiger partial charge in [0.1, 0.15) is 0 Å². The Morgan fingerprint density at radius 2 is 2.04 bits per heavy atom. The van der Waals surface area contributed by atoms with Crippen LogP contribution >= 0.6 is 0 Å². The third-order valence-corrected chi connectivity index (χ3v) is 5.29. The molecule has 1 saturated carbocycles. The van der Waals surface area contributed by atoms with Crippen molar-refractivity contribution in [2.24, 2.45) is 17.6 Å². The number of nitrogens with two attached hydrogens (primary N) is 1. The minimum Gasteiger partial charge on any atom is -0.482 e. The lowest BCUT2D eigenvalue weighted by Crippen LogP contribution is -2.74. The number of carbonyl (C=O) groups is 1. The van der Waals surface area contributed by atoms with E-state index in [4.69, 9.17) is 10.5 Å². The Morgan fingerprint density at radius 1 is 1.43 bits per heavy atom. The first-order valence-electron chi connectivity index (χ1n) is 8.18. The number of methoxy groups -OCH3 is 1. The molecule has 2 N–H and O–H groups in total. The van der Waals surface area contributed by atoms with Gasteiger partial charge in [-0.2, -0.15) is 0 Å². The van der Waals surface area contributed by atoms with Crippen molar-refractivity contribution in [3.8, 4) is 0 Å². The number of nitro groups is 1. The van der Waals surface area contributed by atoms with E-state index in [0.717, 1.165) is 25.7 Å². The summed E-state index contributed by atoms with van der Waals surface area (Å²) in [4.78, 5) is 27.6. The van der Waals surface area contributed by atoms with Crippen LogP contribution in [-0.2, 0) is 9.53 Å². The highest BCUT2D eigenvalue weighted by Crippen LogP contribution is 2.42. The smallest absolute Gasteiger partial charge is 0.317 e. The minimum absolute atomic E-state index is 0.0870. The second-order valence-corrected chi connectivity index (χ2v) is 6.66. The van der Waals surface area contributed by atoms with Gasteiger partial charge in [0, 0.05) is 23.9 Å². The summed E-state index contributed by atoms with van der Waals surface area (Å²) in [5.74, 6) is -0.374. The van der Waals surface area contributed by atoms with Crippen LogP contribution in [-0.4, -0.2) is 52.7 Å². The van der Waals surface area contributed by atoms with Crippen LogP contribution in [0.3, 0.4) is 0 Å². The Morgan fingerprint density at radius 3 is 2.52 bits per heavy atom. The average Bonchev–Trinajstić information content (AvgIpc) is 3.22. The second kappa shape index (κ2) is 5.76. The predicted molar refractivity (Wildman–Crippen MR) is 82.3 cm³/mol. The molecule has 1 aliphatic carbocycles. The molecule has 128 valence electrons. The standard InChI is InChI=1S/C15H24N4O4/c1-10-9-12(23-2)18(13(20)11-5-6-11)14(16)15(10,19(21)22)17-7-3-4-8-17/h9-11,14H,3-8,16H2,1-2H3. The van der Waals surface area contributed by atoms with E-state index < -0.39 is 17.7 Å². The summed E-state index contributed by atoms with van der Waals surface area (Å²) < 4.78 is 5.32. The first kappa shape index (κ1) is 16.2. The van der Waals surface area contributed by atoms with Gasteiger partial charge in [-0.25, -0.2) is 4.90 Å². The van der Waals surface area contributed by atoms with E-state index in [9.17, 15) is 14.9 Å². The summed E-state index contributed by atoms with van der Waals surface area (Å²) in [7, 11) is 1.47. The molecular formula is C15H24N4O4. The van der Waals surface area contributed by atoms with Gasteiger partial charge in [0.15, 0.2) is 12.0 Å². The fourth-order valence-corrected chi connectivity index (χ4v) is 3.89. The van der Waals surface area contributed by atoms with Gasteiger partial charge < -0.3 is 10.5 Å². The normalized spacial score (nSPS) is 35.1. The summed E-state index contributed by atoms with van der Waals surface area (Å²) in [6.07, 6.45) is 4.05. The van der Waals surface area contributed by atoms with Crippen molar-refractivity contribution in [1.82, 2.24) is 9.80 Å². The highest BCUT2D eigenvalue weighted by molar-refractivity contribution is 5.83. The van der Waals surface area contributed by atoms with E-state index in [1.54, 1.807) is 13.0 Å². The summed E-state index contributed by atoms with van der Waals surface area (Å²) >= 11 is 0. The van der Waals surface area contributed by atoms with Crippen molar-refractivity contribution < 1.29 is 14.5 Å². The monoisotopic (exact) mass is 324 g/mol. The van der Waals surface area contributed by atoms with Crippen LogP contribution in [0.15, 0.2) is 12.0 Å². The summed E-state index contributed by atoms with van der Waals surface area (Å²) in [5, 5.41) is 12.1. The molecule has 8 heteroatoms. The van der Waals surface area contributed by atoms with E-state index >= 15 is 0 Å². The number of ether oxygens (including phenoxy) is 1. The van der Waals surface area contributed by atoms with E-state index in [2.05, 4.69) is 0 Å². The quantitative estimate of drug-likeness (QED) is 0.604. The predicted octanol–water partition coefficient (Wildman–Crippen LogP) is 0.716. The molecule has 2 fully saturated rings. The highest BCUT2D eigenvalue weighted by atomic mass is 16.6. The number of hydrogen-bond donors (Lipinski definition) is 1. The van der Waals surface area contributed by atoms with E-state index in [1.165, 1.54) is 12.0 Å². The van der Waals surface area contributed by atoms with E-state index in [1.807, 2.05) is 4.90 Å². The van der Waals surface area contributed by atoms with Crippen LogP contribution in [0.2, 0.25) is 0 Å². The maximum Gasteiger partial charge on any atom is 0.317 e. The third kappa shape index (κ3) is 2.31. The van der Waals surface area contributed by atoms with Crippen molar-refractivity contribution in [1.29, 1.82) is 0 Å². The maximum absolute atomic E-state index is 12.7. The largest absolute Gasteiger partial charge is 0.482 e. The molecule has 0 spiro atoms. The molecule has 1 saturated heterocycles. The van der Waals surface area contributed by atoms with Gasteiger partial charge in [0.25, 0.3) is 0 Å². The molecular weight excluding hydrogens is 300 g/mol. The molecule has 1 amide bonds. The Kier molecular flexibility index (Phi) is 4.05. The zero-order valence-electron chi connectivity index (χ0n) is 13.6. The first-order chi connectivity index (χ1) is 10.9. The van der Waals surface area contributed by atoms with Crippen molar-refractivity contribution >= 4 is 5.91 Å². The Labute approximate surface area is 135 Å². The fraction of sp³-hybridized carbons (Fsp3) is 0.800. The van der Waals surface area contributed by atoms with Crippen molar-refractivity contribution in [2.45, 2.75) is 44.4 Å². The van der Waals surface area contributed by atoms with Gasteiger partial charge in [-0.05, 0) is 31.8 Å². The topological polar surface area (TPSA) is 102 Å². The van der Waals surface area contributed by atoms with E-state index in [0.29, 0.717) is 19.0 Å². The zero-order chi connectivity index (χ0) is 16.8. The van der Waals surface area contributed by atoms with Crippen LogP contribution in [0.1, 0.15) is 32.6 Å². The third-order valence-electron chi connectivity index (χ3n) is 5.29. The summed E-state index contributed by atoms with van der Waals surface area (Å²) in [6.45, 7) is 3.03. The lowest BCUT2D eigenvalue weighted by molar-refractivity contribution is -0.618. The molecule has 0 bridgehead atoms. The van der Waals surface area contributed by atoms with Gasteiger partial charge in [-0.1, -0.05) is 6.92 Å². The van der Waals surface area contributed by atoms with Crippen molar-refractivity contribution in [2.75, 3.05) is 20.2 Å². The van der Waals surface area contributed by atoms with Gasteiger partial charge in [-0.3, -0.25) is 19.8 Å². The van der Waals surface area contributed by atoms with Crippen molar-refractivity contribution in [3.05, 3.63) is 22.1 Å². The molecule has 2 aliphatic heterocycles. The molecule has 23 heavy (non-hydrogen) atoms. The molecule has 0 aromatic heterocycles. The van der Waals surface area contributed by atoms with Crippen LogP contribution < -0.4 is 5.73 Å². The Hall–Kier alpha value is -1.67. The molecule has 2 heterocycles. The number of rotatable bonds is 4. The number of nitrogens with zero attached hydrogens (tertiary/aromatic N) is 3. The molecule has 3 aliphatic rings. The SMILES string of the molecule is COC1=CC(C)C(N2CCCC2)([N+](=O)[O-])C(N)N1C(=O)C1CC1. The zero-order valence-corrected chi connectivity index (χ0v) is 13.6. The number of hydrogen-bond acceptors (Lipinski definition) is 6. The lowest BCUT2D eigenvalue weighted by Gasteiger charge is -2.47. The molecule has 3 atom stereocenters. The Balaban J connectivity index is 2.06. The lowest BCUT2D eigenvalue weighted by atomic mass is 9.85. The number of likely N-dealkylation sites (tertiary alicyclic amines) is 1. The van der Waals surface area contributed by atoms with Gasteiger partial charge >= 0.3 is 5.66 Å². The molecule has 3 unspecified atom stereocenters. The minimum atomic E-state index is -1.50.